The van der Waals surface area contributed by atoms with Gasteiger partial charge in [0.15, 0.2) is 0 Å². The summed E-state index contributed by atoms with van der Waals surface area (Å²) < 4.78 is 2.12. The Bertz CT molecular complexity index is 496. The van der Waals surface area contributed by atoms with Gasteiger partial charge in [0, 0.05) is 44.8 Å². The maximum Gasteiger partial charge on any atom is 0.132 e. The van der Waals surface area contributed by atoms with Crippen LogP contribution in [0.15, 0.2) is 31.3 Å². The molecule has 0 amide bonds. The fraction of sp³-hybridized carbons (Fsp3) is 0.357. The van der Waals surface area contributed by atoms with E-state index in [2.05, 4.69) is 52.3 Å². The van der Waals surface area contributed by atoms with Gasteiger partial charge in [-0.2, -0.15) is 0 Å². The van der Waals surface area contributed by atoms with Crippen LogP contribution in [-0.2, 0) is 6.54 Å². The summed E-state index contributed by atoms with van der Waals surface area (Å²) in [5.74, 6) is 1.06. The Balaban J connectivity index is 2.38. The molecule has 2 rings (SSSR count). The van der Waals surface area contributed by atoms with Crippen molar-refractivity contribution < 1.29 is 0 Å². The Morgan fingerprint density at radius 2 is 2.33 bits per heavy atom. The van der Waals surface area contributed by atoms with Crippen LogP contribution in [0, 0.1) is 0 Å². The SMILES string of the molecule is C=C/C(=C\N(C)CC)c1cnc2n1C=CN(C)C2. The minimum Gasteiger partial charge on any atom is -0.380 e. The van der Waals surface area contributed by atoms with Crippen LogP contribution in [0.3, 0.4) is 0 Å². The molecule has 0 unspecified atom stereocenters. The molecule has 96 valence electrons. The van der Waals surface area contributed by atoms with E-state index in [9.17, 15) is 0 Å². The summed E-state index contributed by atoms with van der Waals surface area (Å²) >= 11 is 0. The van der Waals surface area contributed by atoms with Gasteiger partial charge in [-0.25, -0.2) is 4.98 Å². The third-order valence-corrected chi connectivity index (χ3v) is 3.11. The van der Waals surface area contributed by atoms with Gasteiger partial charge in [-0.15, -0.1) is 0 Å². The van der Waals surface area contributed by atoms with Crippen LogP contribution in [0.1, 0.15) is 18.4 Å². The smallest absolute Gasteiger partial charge is 0.132 e. The first-order valence-corrected chi connectivity index (χ1v) is 6.15. The molecule has 1 aliphatic heterocycles. The standard InChI is InChI=1S/C14H20N4/c1-5-12(10-16(3)6-2)13-9-15-14-11-17(4)7-8-18(13)14/h5,7-10H,1,6,11H2,2-4H3/b12-10+. The molecule has 0 aromatic carbocycles. The minimum atomic E-state index is 0.838. The van der Waals surface area contributed by atoms with Crippen molar-refractivity contribution in [3.8, 4) is 0 Å². The highest BCUT2D eigenvalue weighted by atomic mass is 15.2. The van der Waals surface area contributed by atoms with Crippen molar-refractivity contribution in [2.24, 2.45) is 0 Å². The predicted octanol–water partition coefficient (Wildman–Crippen LogP) is 2.24. The van der Waals surface area contributed by atoms with Crippen LogP contribution in [0.2, 0.25) is 0 Å². The van der Waals surface area contributed by atoms with Crippen molar-refractivity contribution in [2.45, 2.75) is 13.5 Å². The molecule has 1 aromatic rings. The Labute approximate surface area is 109 Å². The molecule has 0 bridgehead atoms. The molecule has 1 aromatic heterocycles. The van der Waals surface area contributed by atoms with E-state index in [1.54, 1.807) is 0 Å². The molecular formula is C14H20N4. The summed E-state index contributed by atoms with van der Waals surface area (Å²) in [5, 5.41) is 0. The van der Waals surface area contributed by atoms with Crippen molar-refractivity contribution in [1.29, 1.82) is 0 Å². The van der Waals surface area contributed by atoms with Crippen molar-refractivity contribution in [3.05, 3.63) is 42.8 Å². The molecule has 0 radical (unpaired) electrons. The van der Waals surface area contributed by atoms with Gasteiger partial charge in [0.2, 0.25) is 0 Å². The first-order chi connectivity index (χ1) is 8.65. The average molecular weight is 244 g/mol. The van der Waals surface area contributed by atoms with E-state index in [4.69, 9.17) is 0 Å². The second-order valence-electron chi connectivity index (χ2n) is 4.50. The van der Waals surface area contributed by atoms with Gasteiger partial charge in [-0.05, 0) is 6.92 Å². The number of hydrogen-bond acceptors (Lipinski definition) is 3. The van der Waals surface area contributed by atoms with Crippen molar-refractivity contribution in [3.63, 3.8) is 0 Å². The summed E-state index contributed by atoms with van der Waals surface area (Å²) in [6.07, 6.45) is 9.99. The molecule has 0 N–H and O–H groups in total. The molecule has 0 atom stereocenters. The average Bonchev–Trinajstić information content (AvgIpc) is 2.78. The van der Waals surface area contributed by atoms with Crippen LogP contribution in [0.25, 0.3) is 11.8 Å². The number of hydrogen-bond donors (Lipinski definition) is 0. The predicted molar refractivity (Wildman–Crippen MR) is 75.5 cm³/mol. The van der Waals surface area contributed by atoms with E-state index in [1.165, 1.54) is 0 Å². The molecule has 0 saturated heterocycles. The summed E-state index contributed by atoms with van der Waals surface area (Å²) in [4.78, 5) is 8.72. The molecule has 1 aliphatic rings. The lowest BCUT2D eigenvalue weighted by Crippen LogP contribution is -2.18. The van der Waals surface area contributed by atoms with Gasteiger partial charge in [-0.3, -0.25) is 0 Å². The molecule has 2 heterocycles. The van der Waals surface area contributed by atoms with E-state index in [0.717, 1.165) is 30.2 Å². The van der Waals surface area contributed by atoms with E-state index in [1.807, 2.05) is 25.5 Å². The van der Waals surface area contributed by atoms with Gasteiger partial charge in [0.25, 0.3) is 0 Å². The zero-order chi connectivity index (χ0) is 13.1. The molecule has 0 fully saturated rings. The van der Waals surface area contributed by atoms with Gasteiger partial charge in [-0.1, -0.05) is 12.7 Å². The van der Waals surface area contributed by atoms with Gasteiger partial charge >= 0.3 is 0 Å². The lowest BCUT2D eigenvalue weighted by molar-refractivity contribution is 0.424. The molecule has 0 aliphatic carbocycles. The van der Waals surface area contributed by atoms with Crippen LogP contribution in [0.4, 0.5) is 0 Å². The van der Waals surface area contributed by atoms with E-state index < -0.39 is 0 Å². The van der Waals surface area contributed by atoms with Gasteiger partial charge in [0.05, 0.1) is 18.4 Å². The summed E-state index contributed by atoms with van der Waals surface area (Å²) in [6, 6.07) is 0. The normalized spacial score (nSPS) is 14.6. The molecule has 4 heteroatoms. The lowest BCUT2D eigenvalue weighted by Gasteiger charge is -2.20. The largest absolute Gasteiger partial charge is 0.380 e. The van der Waals surface area contributed by atoms with Gasteiger partial charge < -0.3 is 14.4 Å². The Morgan fingerprint density at radius 1 is 1.56 bits per heavy atom. The molecule has 0 spiro atoms. The number of fused-ring (bicyclic) bond motifs is 1. The first-order valence-electron chi connectivity index (χ1n) is 6.15. The number of allylic oxidation sites excluding steroid dienone is 2. The highest BCUT2D eigenvalue weighted by Crippen LogP contribution is 2.21. The van der Waals surface area contributed by atoms with E-state index >= 15 is 0 Å². The maximum atomic E-state index is 4.47. The van der Waals surface area contributed by atoms with Crippen molar-refractivity contribution >= 4 is 11.8 Å². The Morgan fingerprint density at radius 3 is 3.00 bits per heavy atom. The lowest BCUT2D eigenvalue weighted by atomic mass is 10.2. The minimum absolute atomic E-state index is 0.838. The zero-order valence-electron chi connectivity index (χ0n) is 11.3. The van der Waals surface area contributed by atoms with Crippen LogP contribution in [0.5, 0.6) is 0 Å². The van der Waals surface area contributed by atoms with Crippen LogP contribution >= 0.6 is 0 Å². The number of rotatable bonds is 4. The summed E-state index contributed by atoms with van der Waals surface area (Å²) in [7, 11) is 4.10. The quantitative estimate of drug-likeness (QED) is 0.759. The summed E-state index contributed by atoms with van der Waals surface area (Å²) in [5.41, 5.74) is 2.18. The first kappa shape index (κ1) is 12.5. The fourth-order valence-electron chi connectivity index (χ4n) is 1.90. The number of imidazole rings is 1. The summed E-state index contributed by atoms with van der Waals surface area (Å²) in [6.45, 7) is 7.83. The van der Waals surface area contributed by atoms with E-state index in [0.29, 0.717) is 0 Å². The monoisotopic (exact) mass is 244 g/mol. The second kappa shape index (κ2) is 5.12. The Hall–Kier alpha value is -1.97. The van der Waals surface area contributed by atoms with Crippen LogP contribution in [-0.4, -0.2) is 40.0 Å². The van der Waals surface area contributed by atoms with Gasteiger partial charge in [0.1, 0.15) is 5.82 Å². The van der Waals surface area contributed by atoms with Crippen LogP contribution < -0.4 is 0 Å². The third-order valence-electron chi connectivity index (χ3n) is 3.11. The van der Waals surface area contributed by atoms with Crippen molar-refractivity contribution in [2.75, 3.05) is 20.6 Å². The third kappa shape index (κ3) is 2.32. The second-order valence-corrected chi connectivity index (χ2v) is 4.50. The highest BCUT2D eigenvalue weighted by Gasteiger charge is 2.14. The van der Waals surface area contributed by atoms with E-state index in [-0.39, 0.29) is 0 Å². The topological polar surface area (TPSA) is 24.3 Å². The molecule has 18 heavy (non-hydrogen) atoms. The fourth-order valence-corrected chi connectivity index (χ4v) is 1.90. The van der Waals surface area contributed by atoms with Crippen molar-refractivity contribution in [1.82, 2.24) is 19.4 Å². The Kier molecular flexibility index (Phi) is 3.55. The zero-order valence-corrected chi connectivity index (χ0v) is 11.3. The molecular weight excluding hydrogens is 224 g/mol. The number of aromatic nitrogens is 2. The molecule has 4 nitrogen and oxygen atoms in total. The molecule has 0 saturated carbocycles. The maximum absolute atomic E-state index is 4.47. The highest BCUT2D eigenvalue weighted by molar-refractivity contribution is 5.72. The number of nitrogens with zero attached hydrogens (tertiary/aromatic N) is 4.